The highest BCUT2D eigenvalue weighted by Crippen LogP contribution is 2.27. The summed E-state index contributed by atoms with van der Waals surface area (Å²) in [6.45, 7) is 1.85. The SMILES string of the molecule is Cc1cc(NS(=O)(=O)c2ccc(-c3ccccc3)cc2)c2ccccc2n1. The molecule has 0 amide bonds. The molecule has 1 N–H and O–H groups in total. The third kappa shape index (κ3) is 3.55. The maximum atomic E-state index is 12.9. The minimum atomic E-state index is -3.70. The van der Waals surface area contributed by atoms with Gasteiger partial charge in [-0.25, -0.2) is 8.42 Å². The average molecular weight is 374 g/mol. The first kappa shape index (κ1) is 17.2. The third-order valence-electron chi connectivity index (χ3n) is 4.36. The van der Waals surface area contributed by atoms with Crippen LogP contribution in [0.4, 0.5) is 5.69 Å². The Morgan fingerprint density at radius 3 is 2.15 bits per heavy atom. The van der Waals surface area contributed by atoms with E-state index in [1.54, 1.807) is 18.2 Å². The highest BCUT2D eigenvalue weighted by Gasteiger charge is 2.16. The number of sulfonamides is 1. The van der Waals surface area contributed by atoms with Gasteiger partial charge in [-0.3, -0.25) is 9.71 Å². The van der Waals surface area contributed by atoms with Crippen molar-refractivity contribution in [3.63, 3.8) is 0 Å². The van der Waals surface area contributed by atoms with E-state index in [-0.39, 0.29) is 4.90 Å². The fraction of sp³-hybridized carbons (Fsp3) is 0.0455. The van der Waals surface area contributed by atoms with Crippen molar-refractivity contribution in [2.45, 2.75) is 11.8 Å². The number of aromatic nitrogens is 1. The molecule has 134 valence electrons. The van der Waals surface area contributed by atoms with Gasteiger partial charge in [0.05, 0.1) is 16.1 Å². The van der Waals surface area contributed by atoms with E-state index in [0.29, 0.717) is 5.69 Å². The molecule has 0 saturated carbocycles. The first-order chi connectivity index (χ1) is 13.0. The molecule has 3 aromatic carbocycles. The number of nitrogens with one attached hydrogen (secondary N) is 1. The molecule has 0 radical (unpaired) electrons. The van der Waals surface area contributed by atoms with Gasteiger partial charge in [0.15, 0.2) is 0 Å². The van der Waals surface area contributed by atoms with Crippen LogP contribution in [0.2, 0.25) is 0 Å². The van der Waals surface area contributed by atoms with E-state index in [9.17, 15) is 8.42 Å². The molecule has 5 heteroatoms. The van der Waals surface area contributed by atoms with Gasteiger partial charge >= 0.3 is 0 Å². The highest BCUT2D eigenvalue weighted by atomic mass is 32.2. The molecule has 0 aliphatic rings. The molecular weight excluding hydrogens is 356 g/mol. The molecule has 0 aliphatic carbocycles. The van der Waals surface area contributed by atoms with Gasteiger partial charge in [-0.1, -0.05) is 60.7 Å². The normalized spacial score (nSPS) is 11.4. The van der Waals surface area contributed by atoms with E-state index in [1.807, 2.05) is 73.7 Å². The van der Waals surface area contributed by atoms with Gasteiger partial charge in [0.25, 0.3) is 10.0 Å². The van der Waals surface area contributed by atoms with Crippen LogP contribution in [0.3, 0.4) is 0 Å². The van der Waals surface area contributed by atoms with Crippen LogP contribution in [0.1, 0.15) is 5.69 Å². The van der Waals surface area contributed by atoms with E-state index in [1.165, 1.54) is 0 Å². The average Bonchev–Trinajstić information content (AvgIpc) is 2.68. The van der Waals surface area contributed by atoms with E-state index < -0.39 is 10.0 Å². The van der Waals surface area contributed by atoms with Gasteiger partial charge in [-0.05, 0) is 42.3 Å². The zero-order chi connectivity index (χ0) is 18.9. The first-order valence-electron chi connectivity index (χ1n) is 8.58. The number of hydrogen-bond acceptors (Lipinski definition) is 3. The van der Waals surface area contributed by atoms with Crippen LogP contribution in [0, 0.1) is 6.92 Å². The highest BCUT2D eigenvalue weighted by molar-refractivity contribution is 7.92. The second-order valence-corrected chi connectivity index (χ2v) is 8.01. The number of fused-ring (bicyclic) bond motifs is 1. The Morgan fingerprint density at radius 2 is 1.41 bits per heavy atom. The van der Waals surface area contributed by atoms with Crippen molar-refractivity contribution in [2.75, 3.05) is 4.72 Å². The van der Waals surface area contributed by atoms with E-state index >= 15 is 0 Å². The van der Waals surface area contributed by atoms with Gasteiger partial charge in [0.2, 0.25) is 0 Å². The van der Waals surface area contributed by atoms with E-state index in [4.69, 9.17) is 0 Å². The fourth-order valence-electron chi connectivity index (χ4n) is 3.05. The number of rotatable bonds is 4. The van der Waals surface area contributed by atoms with Crippen molar-refractivity contribution in [1.29, 1.82) is 0 Å². The molecular formula is C22H18N2O2S. The predicted octanol–water partition coefficient (Wildman–Crippen LogP) is 5.01. The third-order valence-corrected chi connectivity index (χ3v) is 5.74. The van der Waals surface area contributed by atoms with Crippen molar-refractivity contribution >= 4 is 26.6 Å². The molecule has 1 aromatic heterocycles. The summed E-state index contributed by atoms with van der Waals surface area (Å²) in [5.74, 6) is 0. The summed E-state index contributed by atoms with van der Waals surface area (Å²) in [6, 6.07) is 26.0. The summed E-state index contributed by atoms with van der Waals surface area (Å²) in [5.41, 5.74) is 4.07. The van der Waals surface area contributed by atoms with Crippen LogP contribution in [0.5, 0.6) is 0 Å². The van der Waals surface area contributed by atoms with Crippen molar-refractivity contribution in [2.24, 2.45) is 0 Å². The van der Waals surface area contributed by atoms with E-state index in [0.717, 1.165) is 27.7 Å². The summed E-state index contributed by atoms with van der Waals surface area (Å²) in [7, 11) is -3.70. The maximum Gasteiger partial charge on any atom is 0.261 e. The molecule has 0 aliphatic heterocycles. The van der Waals surface area contributed by atoms with Crippen LogP contribution in [-0.4, -0.2) is 13.4 Å². The molecule has 0 atom stereocenters. The molecule has 4 nitrogen and oxygen atoms in total. The Kier molecular flexibility index (Phi) is 4.38. The number of para-hydroxylation sites is 1. The van der Waals surface area contributed by atoms with Crippen molar-refractivity contribution in [3.05, 3.63) is 90.6 Å². The minimum Gasteiger partial charge on any atom is -0.279 e. The van der Waals surface area contributed by atoms with Crippen LogP contribution in [0.25, 0.3) is 22.0 Å². The van der Waals surface area contributed by atoms with Gasteiger partial charge in [-0.2, -0.15) is 0 Å². The standard InChI is InChI=1S/C22H18N2O2S/c1-16-15-22(20-9-5-6-10-21(20)23-16)24-27(25,26)19-13-11-18(12-14-19)17-7-3-2-4-8-17/h2-15H,1H3,(H,23,24). The first-order valence-corrected chi connectivity index (χ1v) is 10.1. The Morgan fingerprint density at radius 1 is 0.778 bits per heavy atom. The van der Waals surface area contributed by atoms with Crippen LogP contribution in [-0.2, 0) is 10.0 Å². The molecule has 0 unspecified atom stereocenters. The molecule has 0 spiro atoms. The summed E-state index contributed by atoms with van der Waals surface area (Å²) in [4.78, 5) is 4.67. The number of pyridine rings is 1. The molecule has 0 bridgehead atoms. The lowest BCUT2D eigenvalue weighted by molar-refractivity contribution is 0.601. The lowest BCUT2D eigenvalue weighted by atomic mass is 10.1. The van der Waals surface area contributed by atoms with Crippen LogP contribution in [0.15, 0.2) is 89.8 Å². The van der Waals surface area contributed by atoms with Crippen molar-refractivity contribution in [1.82, 2.24) is 4.98 Å². The summed E-state index contributed by atoms with van der Waals surface area (Å²) in [6.07, 6.45) is 0. The van der Waals surface area contributed by atoms with Crippen LogP contribution >= 0.6 is 0 Å². The second kappa shape index (κ2) is 6.85. The Balaban J connectivity index is 1.69. The number of nitrogens with zero attached hydrogens (tertiary/aromatic N) is 1. The number of anilines is 1. The quantitative estimate of drug-likeness (QED) is 0.546. The molecule has 4 rings (SSSR count). The topological polar surface area (TPSA) is 59.1 Å². The Bertz CT molecular complexity index is 1200. The van der Waals surface area contributed by atoms with Gasteiger partial charge in [0, 0.05) is 11.1 Å². The largest absolute Gasteiger partial charge is 0.279 e. The van der Waals surface area contributed by atoms with E-state index in [2.05, 4.69) is 9.71 Å². The Hall–Kier alpha value is -3.18. The van der Waals surface area contributed by atoms with Crippen LogP contribution < -0.4 is 4.72 Å². The zero-order valence-corrected chi connectivity index (χ0v) is 15.6. The fourth-order valence-corrected chi connectivity index (χ4v) is 4.12. The smallest absolute Gasteiger partial charge is 0.261 e. The molecule has 4 aromatic rings. The Labute approximate surface area is 158 Å². The van der Waals surface area contributed by atoms with Crippen molar-refractivity contribution < 1.29 is 8.42 Å². The monoisotopic (exact) mass is 374 g/mol. The second-order valence-electron chi connectivity index (χ2n) is 6.32. The number of aryl methyl sites for hydroxylation is 1. The molecule has 27 heavy (non-hydrogen) atoms. The number of hydrogen-bond donors (Lipinski definition) is 1. The molecule has 0 saturated heterocycles. The summed E-state index contributed by atoms with van der Waals surface area (Å²) in [5, 5.41) is 0.771. The van der Waals surface area contributed by atoms with Gasteiger partial charge < -0.3 is 0 Å². The maximum absolute atomic E-state index is 12.9. The van der Waals surface area contributed by atoms with Gasteiger partial charge in [-0.15, -0.1) is 0 Å². The summed E-state index contributed by atoms with van der Waals surface area (Å²) < 4.78 is 28.5. The van der Waals surface area contributed by atoms with Crippen molar-refractivity contribution in [3.8, 4) is 11.1 Å². The number of benzene rings is 3. The molecule has 1 heterocycles. The lowest BCUT2D eigenvalue weighted by Gasteiger charge is -2.12. The van der Waals surface area contributed by atoms with Gasteiger partial charge in [0.1, 0.15) is 0 Å². The minimum absolute atomic E-state index is 0.223. The zero-order valence-electron chi connectivity index (χ0n) is 14.8. The molecule has 0 fully saturated rings. The summed E-state index contributed by atoms with van der Waals surface area (Å²) >= 11 is 0. The predicted molar refractivity (Wildman–Crippen MR) is 109 cm³/mol. The lowest BCUT2D eigenvalue weighted by Crippen LogP contribution is -2.13.